The van der Waals surface area contributed by atoms with Crippen molar-refractivity contribution in [2.24, 2.45) is 11.8 Å². The molecule has 0 spiro atoms. The molecule has 2 nitrogen and oxygen atoms in total. The Morgan fingerprint density at radius 1 is 1.53 bits per heavy atom. The summed E-state index contributed by atoms with van der Waals surface area (Å²) in [7, 11) is 2.07. The van der Waals surface area contributed by atoms with Gasteiger partial charge in [0, 0.05) is 36.0 Å². The molecular formula is C11H18BrNOS. The van der Waals surface area contributed by atoms with E-state index in [9.17, 15) is 5.11 Å². The first-order chi connectivity index (χ1) is 7.04. The molecule has 15 heavy (non-hydrogen) atoms. The molecule has 1 rings (SSSR count). The van der Waals surface area contributed by atoms with E-state index in [2.05, 4.69) is 53.2 Å². The van der Waals surface area contributed by atoms with Crippen LogP contribution < -0.4 is 4.90 Å². The Morgan fingerprint density at radius 3 is 2.60 bits per heavy atom. The third-order valence-corrected chi connectivity index (χ3v) is 4.42. The van der Waals surface area contributed by atoms with Crippen LogP contribution in [0.25, 0.3) is 0 Å². The zero-order chi connectivity index (χ0) is 11.4. The number of halogens is 1. The predicted molar refractivity (Wildman–Crippen MR) is 70.7 cm³/mol. The highest BCUT2D eigenvalue weighted by Gasteiger charge is 2.15. The molecule has 1 aromatic heterocycles. The van der Waals surface area contributed by atoms with Gasteiger partial charge in [0.2, 0.25) is 0 Å². The first kappa shape index (κ1) is 13.0. The standard InChI is InChI=1S/C11H18BrNOS/c1-8(2)9(6-14)5-13(3)11-4-10(12)7-15-11/h4,7-9,14H,5-6H2,1-3H3. The SMILES string of the molecule is CC(C)C(CO)CN(C)c1cc(Br)cs1. The van der Waals surface area contributed by atoms with Crippen molar-refractivity contribution in [2.75, 3.05) is 25.1 Å². The highest BCUT2D eigenvalue weighted by Crippen LogP contribution is 2.28. The molecule has 0 saturated heterocycles. The summed E-state index contributed by atoms with van der Waals surface area (Å²) in [6, 6.07) is 2.11. The lowest BCUT2D eigenvalue weighted by molar-refractivity contribution is 0.193. The van der Waals surface area contributed by atoms with Crippen LogP contribution in [0.5, 0.6) is 0 Å². The van der Waals surface area contributed by atoms with Gasteiger partial charge in [-0.3, -0.25) is 0 Å². The summed E-state index contributed by atoms with van der Waals surface area (Å²) in [6.45, 7) is 5.47. The molecule has 1 atom stereocenters. The molecule has 4 heteroatoms. The summed E-state index contributed by atoms with van der Waals surface area (Å²) in [5.74, 6) is 0.858. The Bertz CT molecular complexity index is 301. The van der Waals surface area contributed by atoms with Gasteiger partial charge in [0.05, 0.1) is 5.00 Å². The molecular weight excluding hydrogens is 274 g/mol. The number of hydrogen-bond acceptors (Lipinski definition) is 3. The molecule has 86 valence electrons. The van der Waals surface area contributed by atoms with Gasteiger partial charge in [0.1, 0.15) is 0 Å². The second-order valence-corrected chi connectivity index (χ2v) is 5.98. The van der Waals surface area contributed by atoms with Gasteiger partial charge in [-0.05, 0) is 27.9 Å². The van der Waals surface area contributed by atoms with Gasteiger partial charge in [0.25, 0.3) is 0 Å². The van der Waals surface area contributed by atoms with Crippen molar-refractivity contribution in [1.82, 2.24) is 0 Å². The van der Waals surface area contributed by atoms with Crippen LogP contribution in [0.2, 0.25) is 0 Å². The van der Waals surface area contributed by atoms with Crippen LogP contribution in [0.3, 0.4) is 0 Å². The molecule has 1 unspecified atom stereocenters. The van der Waals surface area contributed by atoms with Gasteiger partial charge in [-0.25, -0.2) is 0 Å². The van der Waals surface area contributed by atoms with E-state index >= 15 is 0 Å². The van der Waals surface area contributed by atoms with E-state index in [1.54, 1.807) is 11.3 Å². The Hall–Kier alpha value is -0.0600. The van der Waals surface area contributed by atoms with Crippen LogP contribution in [0.4, 0.5) is 5.00 Å². The third-order valence-electron chi connectivity index (χ3n) is 2.62. The number of thiophene rings is 1. The average Bonchev–Trinajstić information content (AvgIpc) is 2.60. The Kier molecular flexibility index (Phi) is 5.09. The van der Waals surface area contributed by atoms with E-state index < -0.39 is 0 Å². The van der Waals surface area contributed by atoms with E-state index in [0.717, 1.165) is 11.0 Å². The van der Waals surface area contributed by atoms with Crippen LogP contribution >= 0.6 is 27.3 Å². The van der Waals surface area contributed by atoms with Crippen LogP contribution in [0.1, 0.15) is 13.8 Å². The second-order valence-electron chi connectivity index (χ2n) is 4.17. The van der Waals surface area contributed by atoms with E-state index in [4.69, 9.17) is 0 Å². The lowest BCUT2D eigenvalue weighted by Crippen LogP contribution is -2.30. The van der Waals surface area contributed by atoms with Gasteiger partial charge in [-0.1, -0.05) is 13.8 Å². The summed E-state index contributed by atoms with van der Waals surface area (Å²) < 4.78 is 1.12. The fourth-order valence-electron chi connectivity index (χ4n) is 1.42. The lowest BCUT2D eigenvalue weighted by Gasteiger charge is -2.25. The third kappa shape index (κ3) is 3.78. The van der Waals surface area contributed by atoms with E-state index in [0.29, 0.717) is 11.8 Å². The number of aliphatic hydroxyl groups is 1. The first-order valence-electron chi connectivity index (χ1n) is 5.10. The van der Waals surface area contributed by atoms with Crippen molar-refractivity contribution in [3.8, 4) is 0 Å². The molecule has 0 aliphatic rings. The molecule has 0 saturated carbocycles. The van der Waals surface area contributed by atoms with Crippen LogP contribution in [-0.4, -0.2) is 25.3 Å². The van der Waals surface area contributed by atoms with Crippen molar-refractivity contribution in [2.45, 2.75) is 13.8 Å². The summed E-state index contributed by atoms with van der Waals surface area (Å²) in [5.41, 5.74) is 0. The quantitative estimate of drug-likeness (QED) is 0.901. The average molecular weight is 292 g/mol. The van der Waals surface area contributed by atoms with Crippen molar-refractivity contribution in [1.29, 1.82) is 0 Å². The van der Waals surface area contributed by atoms with Crippen molar-refractivity contribution in [3.63, 3.8) is 0 Å². The molecule has 0 aliphatic carbocycles. The summed E-state index contributed by atoms with van der Waals surface area (Å²) >= 11 is 5.17. The molecule has 1 heterocycles. The second kappa shape index (κ2) is 5.87. The van der Waals surface area contributed by atoms with Crippen molar-refractivity contribution < 1.29 is 5.11 Å². The van der Waals surface area contributed by atoms with Gasteiger partial charge in [-0.2, -0.15) is 0 Å². The predicted octanol–water partition coefficient (Wildman–Crippen LogP) is 3.21. The van der Waals surface area contributed by atoms with Crippen LogP contribution in [0, 0.1) is 11.8 Å². The highest BCUT2D eigenvalue weighted by atomic mass is 79.9. The number of anilines is 1. The maximum Gasteiger partial charge on any atom is 0.0917 e. The Morgan fingerprint density at radius 2 is 2.20 bits per heavy atom. The zero-order valence-electron chi connectivity index (χ0n) is 9.40. The fraction of sp³-hybridized carbons (Fsp3) is 0.636. The molecule has 1 N–H and O–H groups in total. The molecule has 0 radical (unpaired) electrons. The Labute approximate surface area is 104 Å². The van der Waals surface area contributed by atoms with Crippen LogP contribution in [-0.2, 0) is 0 Å². The van der Waals surface area contributed by atoms with E-state index in [1.165, 1.54) is 5.00 Å². The minimum absolute atomic E-state index is 0.258. The largest absolute Gasteiger partial charge is 0.396 e. The molecule has 0 aromatic carbocycles. The van der Waals surface area contributed by atoms with Crippen molar-refractivity contribution >= 4 is 32.3 Å². The smallest absolute Gasteiger partial charge is 0.0917 e. The minimum atomic E-state index is 0.258. The maximum absolute atomic E-state index is 9.26. The number of aliphatic hydroxyl groups excluding tert-OH is 1. The van der Waals surface area contributed by atoms with Gasteiger partial charge >= 0.3 is 0 Å². The fourth-order valence-corrected chi connectivity index (χ4v) is 2.82. The van der Waals surface area contributed by atoms with Gasteiger partial charge < -0.3 is 10.0 Å². The molecule has 1 aromatic rings. The summed E-state index contributed by atoms with van der Waals surface area (Å²) in [5, 5.41) is 12.6. The molecule has 0 fully saturated rings. The maximum atomic E-state index is 9.26. The number of rotatable bonds is 5. The molecule has 0 amide bonds. The molecule has 0 bridgehead atoms. The van der Waals surface area contributed by atoms with Gasteiger partial charge in [-0.15, -0.1) is 11.3 Å². The first-order valence-corrected chi connectivity index (χ1v) is 6.78. The Balaban J connectivity index is 2.58. The number of nitrogens with zero attached hydrogens (tertiary/aromatic N) is 1. The zero-order valence-corrected chi connectivity index (χ0v) is 11.8. The highest BCUT2D eigenvalue weighted by molar-refractivity contribution is 9.10. The van der Waals surface area contributed by atoms with Crippen LogP contribution in [0.15, 0.2) is 15.9 Å². The topological polar surface area (TPSA) is 23.5 Å². The monoisotopic (exact) mass is 291 g/mol. The normalized spacial score (nSPS) is 13.2. The lowest BCUT2D eigenvalue weighted by atomic mass is 9.96. The van der Waals surface area contributed by atoms with E-state index in [1.807, 2.05) is 0 Å². The summed E-state index contributed by atoms with van der Waals surface area (Å²) in [4.78, 5) is 2.20. The van der Waals surface area contributed by atoms with E-state index in [-0.39, 0.29) is 6.61 Å². The van der Waals surface area contributed by atoms with Gasteiger partial charge in [0.15, 0.2) is 0 Å². The molecule has 0 aliphatic heterocycles. The summed E-state index contributed by atoms with van der Waals surface area (Å²) in [6.07, 6.45) is 0. The number of hydrogen-bond donors (Lipinski definition) is 1. The minimum Gasteiger partial charge on any atom is -0.396 e. The van der Waals surface area contributed by atoms with Crippen molar-refractivity contribution in [3.05, 3.63) is 15.9 Å².